The third-order valence-corrected chi connectivity index (χ3v) is 5.57. The fourth-order valence-corrected chi connectivity index (χ4v) is 3.95. The number of benzene rings is 2. The van der Waals surface area contributed by atoms with E-state index in [1.807, 2.05) is 31.2 Å². The summed E-state index contributed by atoms with van der Waals surface area (Å²) in [6.45, 7) is 1.92. The van der Waals surface area contributed by atoms with E-state index in [2.05, 4.69) is 10.3 Å². The van der Waals surface area contributed by atoms with E-state index in [-0.39, 0.29) is 30.2 Å². The Labute approximate surface area is 148 Å². The number of aliphatic hydroxyl groups excluding tert-OH is 1. The average Bonchev–Trinajstić information content (AvgIpc) is 3.27. The largest absolute Gasteiger partial charge is 0.396 e. The summed E-state index contributed by atoms with van der Waals surface area (Å²) in [5.74, 6) is -0.395. The van der Waals surface area contributed by atoms with Crippen LogP contribution in [0.2, 0.25) is 0 Å². The van der Waals surface area contributed by atoms with Crippen molar-refractivity contribution in [3.05, 3.63) is 47.8 Å². The van der Waals surface area contributed by atoms with Crippen LogP contribution in [-0.4, -0.2) is 22.6 Å². The molecule has 1 heterocycles. The van der Waals surface area contributed by atoms with Crippen LogP contribution in [0, 0.1) is 24.6 Å². The highest BCUT2D eigenvalue weighted by atomic mass is 32.1. The van der Waals surface area contributed by atoms with Gasteiger partial charge in [-0.3, -0.25) is 4.79 Å². The fraction of sp³-hybridized carbons (Fsp3) is 0.263. The third kappa shape index (κ3) is 3.03. The monoisotopic (exact) mass is 356 g/mol. The molecule has 0 saturated heterocycles. The maximum atomic E-state index is 14.2. The number of hydrogen-bond acceptors (Lipinski definition) is 4. The number of aliphatic hydroxyl groups is 1. The molecule has 0 radical (unpaired) electrons. The average molecular weight is 356 g/mol. The van der Waals surface area contributed by atoms with Crippen molar-refractivity contribution < 1.29 is 14.3 Å². The van der Waals surface area contributed by atoms with Crippen molar-refractivity contribution in [2.24, 2.45) is 11.8 Å². The molecule has 1 fully saturated rings. The molecule has 0 bridgehead atoms. The Morgan fingerprint density at radius 3 is 2.96 bits per heavy atom. The summed E-state index contributed by atoms with van der Waals surface area (Å²) in [5.41, 5.74) is 2.95. The van der Waals surface area contributed by atoms with E-state index in [1.54, 1.807) is 6.07 Å². The molecule has 4 rings (SSSR count). The zero-order valence-corrected chi connectivity index (χ0v) is 14.4. The predicted octanol–water partition coefficient (Wildman–Crippen LogP) is 3.98. The van der Waals surface area contributed by atoms with Crippen molar-refractivity contribution in [3.63, 3.8) is 0 Å². The summed E-state index contributed by atoms with van der Waals surface area (Å²) in [4.78, 5) is 16.6. The molecule has 1 aliphatic carbocycles. The molecular formula is C19H17FN2O2S. The SMILES string of the molecule is Cc1cccc(F)c1-c1ccc2sc(NC(=O)C3CC3CO)nc2c1. The van der Waals surface area contributed by atoms with Crippen LogP contribution in [0.3, 0.4) is 0 Å². The number of thiazole rings is 1. The molecule has 1 saturated carbocycles. The maximum Gasteiger partial charge on any atom is 0.229 e. The summed E-state index contributed by atoms with van der Waals surface area (Å²) in [5, 5.41) is 12.4. The molecule has 1 aromatic heterocycles. The van der Waals surface area contributed by atoms with Gasteiger partial charge >= 0.3 is 0 Å². The van der Waals surface area contributed by atoms with E-state index in [9.17, 15) is 9.18 Å². The van der Waals surface area contributed by atoms with Crippen LogP contribution >= 0.6 is 11.3 Å². The number of nitrogens with one attached hydrogen (secondary N) is 1. The number of hydrogen-bond donors (Lipinski definition) is 2. The van der Waals surface area contributed by atoms with E-state index >= 15 is 0 Å². The number of carbonyl (C=O) groups is 1. The standard InChI is InChI=1S/C19H17FN2O2S/c1-10-3-2-4-14(20)17(10)11-5-6-16-15(8-11)21-19(25-16)22-18(24)13-7-12(13)9-23/h2-6,8,12-13,23H,7,9H2,1H3,(H,21,22,24). The smallest absolute Gasteiger partial charge is 0.229 e. The van der Waals surface area contributed by atoms with Crippen molar-refractivity contribution in [1.29, 1.82) is 0 Å². The quantitative estimate of drug-likeness (QED) is 0.743. The number of anilines is 1. The van der Waals surface area contributed by atoms with Gasteiger partial charge in [0.1, 0.15) is 5.82 Å². The number of aromatic nitrogens is 1. The zero-order valence-electron chi connectivity index (χ0n) is 13.6. The number of nitrogens with zero attached hydrogens (tertiary/aromatic N) is 1. The molecule has 25 heavy (non-hydrogen) atoms. The molecule has 1 amide bonds. The number of rotatable bonds is 4. The van der Waals surface area contributed by atoms with Gasteiger partial charge in [-0.15, -0.1) is 0 Å². The number of aryl methyl sites for hydroxylation is 1. The number of halogens is 1. The van der Waals surface area contributed by atoms with Gasteiger partial charge in [-0.05, 0) is 48.6 Å². The molecule has 0 spiro atoms. The fourth-order valence-electron chi connectivity index (χ4n) is 3.10. The first-order valence-electron chi connectivity index (χ1n) is 8.14. The summed E-state index contributed by atoms with van der Waals surface area (Å²) < 4.78 is 15.1. The molecule has 0 aliphatic heterocycles. The highest BCUT2D eigenvalue weighted by Crippen LogP contribution is 2.39. The molecule has 2 unspecified atom stereocenters. The minimum atomic E-state index is -0.258. The van der Waals surface area contributed by atoms with Gasteiger partial charge in [-0.2, -0.15) is 0 Å². The van der Waals surface area contributed by atoms with Gasteiger partial charge in [-0.1, -0.05) is 29.5 Å². The van der Waals surface area contributed by atoms with E-state index in [4.69, 9.17) is 5.11 Å². The third-order valence-electron chi connectivity index (χ3n) is 4.62. The van der Waals surface area contributed by atoms with Crippen molar-refractivity contribution in [3.8, 4) is 11.1 Å². The second-order valence-corrected chi connectivity index (χ2v) is 7.44. The lowest BCUT2D eigenvalue weighted by Gasteiger charge is -2.07. The van der Waals surface area contributed by atoms with Crippen molar-refractivity contribution in [2.75, 3.05) is 11.9 Å². The Balaban J connectivity index is 1.63. The van der Waals surface area contributed by atoms with Gasteiger partial charge in [0.2, 0.25) is 5.91 Å². The molecule has 128 valence electrons. The highest BCUT2D eigenvalue weighted by Gasteiger charge is 2.42. The van der Waals surface area contributed by atoms with Crippen molar-refractivity contribution in [2.45, 2.75) is 13.3 Å². The normalized spacial score (nSPS) is 19.2. The van der Waals surface area contributed by atoms with E-state index < -0.39 is 0 Å². The number of carbonyl (C=O) groups excluding carboxylic acids is 1. The minimum absolute atomic E-state index is 0.0449. The van der Waals surface area contributed by atoms with Crippen LogP contribution < -0.4 is 5.32 Å². The summed E-state index contributed by atoms with van der Waals surface area (Å²) in [6, 6.07) is 10.6. The summed E-state index contributed by atoms with van der Waals surface area (Å²) in [7, 11) is 0. The van der Waals surface area contributed by atoms with E-state index in [1.165, 1.54) is 17.4 Å². The summed E-state index contributed by atoms with van der Waals surface area (Å²) >= 11 is 1.39. The Morgan fingerprint density at radius 2 is 2.24 bits per heavy atom. The Morgan fingerprint density at radius 1 is 1.40 bits per heavy atom. The first-order valence-corrected chi connectivity index (χ1v) is 8.96. The van der Waals surface area contributed by atoms with Gasteiger partial charge in [0.25, 0.3) is 0 Å². The van der Waals surface area contributed by atoms with Gasteiger partial charge in [0, 0.05) is 18.1 Å². The first kappa shape index (κ1) is 16.2. The minimum Gasteiger partial charge on any atom is -0.396 e. The second-order valence-electron chi connectivity index (χ2n) is 6.41. The Kier molecular flexibility index (Phi) is 4.01. The maximum absolute atomic E-state index is 14.2. The van der Waals surface area contributed by atoms with Gasteiger partial charge < -0.3 is 10.4 Å². The lowest BCUT2D eigenvalue weighted by atomic mass is 10.00. The van der Waals surface area contributed by atoms with E-state index in [0.29, 0.717) is 10.7 Å². The van der Waals surface area contributed by atoms with Gasteiger partial charge in [-0.25, -0.2) is 9.37 Å². The van der Waals surface area contributed by atoms with Crippen LogP contribution in [-0.2, 0) is 4.79 Å². The molecule has 1 aliphatic rings. The first-order chi connectivity index (χ1) is 12.1. The highest BCUT2D eigenvalue weighted by molar-refractivity contribution is 7.22. The molecule has 2 aromatic carbocycles. The molecular weight excluding hydrogens is 339 g/mol. The molecule has 6 heteroatoms. The van der Waals surface area contributed by atoms with Crippen molar-refractivity contribution in [1.82, 2.24) is 4.98 Å². The number of amides is 1. The van der Waals surface area contributed by atoms with Gasteiger partial charge in [0.05, 0.1) is 10.2 Å². The van der Waals surface area contributed by atoms with Crippen molar-refractivity contribution >= 4 is 32.6 Å². The van der Waals surface area contributed by atoms with Crippen LogP contribution in [0.15, 0.2) is 36.4 Å². The second kappa shape index (κ2) is 6.20. The molecule has 2 atom stereocenters. The topological polar surface area (TPSA) is 62.2 Å². The molecule has 3 aromatic rings. The number of fused-ring (bicyclic) bond motifs is 1. The Bertz CT molecular complexity index is 949. The van der Waals surface area contributed by atoms with Crippen LogP contribution in [0.5, 0.6) is 0 Å². The zero-order chi connectivity index (χ0) is 17.6. The van der Waals surface area contributed by atoms with Crippen LogP contribution in [0.1, 0.15) is 12.0 Å². The van der Waals surface area contributed by atoms with Crippen LogP contribution in [0.25, 0.3) is 21.3 Å². The lowest BCUT2D eigenvalue weighted by molar-refractivity contribution is -0.117. The molecule has 2 N–H and O–H groups in total. The summed E-state index contributed by atoms with van der Waals surface area (Å²) in [6.07, 6.45) is 0.726. The molecule has 4 nitrogen and oxygen atoms in total. The van der Waals surface area contributed by atoms with E-state index in [0.717, 1.165) is 27.8 Å². The Hall–Kier alpha value is -2.31. The lowest BCUT2D eigenvalue weighted by Crippen LogP contribution is -2.15. The van der Waals surface area contributed by atoms with Crippen LogP contribution in [0.4, 0.5) is 9.52 Å². The predicted molar refractivity (Wildman–Crippen MR) is 97.1 cm³/mol. The van der Waals surface area contributed by atoms with Gasteiger partial charge in [0.15, 0.2) is 5.13 Å².